The van der Waals surface area contributed by atoms with Crippen LogP contribution in [0.25, 0.3) is 43.9 Å². The molecular weight excluding hydrogens is 362 g/mol. The summed E-state index contributed by atoms with van der Waals surface area (Å²) < 4.78 is 0. The topological polar surface area (TPSA) is 14.1 Å². The highest BCUT2D eigenvalue weighted by Crippen LogP contribution is 2.34. The van der Waals surface area contributed by atoms with E-state index in [1.807, 2.05) is 0 Å². The lowest BCUT2D eigenvalue weighted by Crippen LogP contribution is -2.10. The van der Waals surface area contributed by atoms with Crippen LogP contribution in [0.5, 0.6) is 0 Å². The summed E-state index contributed by atoms with van der Waals surface area (Å²) >= 11 is 0. The third-order valence-corrected chi connectivity index (χ3v) is 5.93. The van der Waals surface area contributed by atoms with Crippen LogP contribution >= 0.6 is 0 Å². The number of nitrogens with one attached hydrogen (secondary N) is 1. The molecule has 1 nitrogen and oxygen atoms in total. The molecule has 0 aliphatic heterocycles. The van der Waals surface area contributed by atoms with E-state index in [-0.39, 0.29) is 5.41 Å². The lowest BCUT2D eigenvalue weighted by atomic mass is 9.85. The maximum atomic E-state index is 3.51. The highest BCUT2D eigenvalue weighted by atomic mass is 14.7. The van der Waals surface area contributed by atoms with Crippen LogP contribution in [0.2, 0.25) is 0 Å². The third-order valence-electron chi connectivity index (χ3n) is 5.93. The smallest absolute Gasteiger partial charge is 0.211 e. The Bertz CT molecular complexity index is 1360. The van der Waals surface area contributed by atoms with Gasteiger partial charge in [0.15, 0.2) is 6.20 Å². The Hall–Kier alpha value is -3.45. The molecule has 0 aliphatic carbocycles. The predicted molar refractivity (Wildman–Crippen MR) is 128 cm³/mol. The minimum atomic E-state index is 0.149. The second-order valence-electron chi connectivity index (χ2n) is 9.01. The van der Waals surface area contributed by atoms with E-state index in [0.717, 1.165) is 5.69 Å². The first kappa shape index (κ1) is 18.6. The number of benzene rings is 4. The Morgan fingerprint density at radius 1 is 0.567 bits per heavy atom. The average molecular weight is 389 g/mol. The summed E-state index contributed by atoms with van der Waals surface area (Å²) in [5.41, 5.74) is 6.34. The molecule has 0 saturated heterocycles. The van der Waals surface area contributed by atoms with Gasteiger partial charge in [-0.05, 0) is 51.1 Å². The van der Waals surface area contributed by atoms with E-state index in [0.29, 0.717) is 0 Å². The highest BCUT2D eigenvalue weighted by Gasteiger charge is 2.17. The van der Waals surface area contributed by atoms with Gasteiger partial charge >= 0.3 is 0 Å². The predicted octanol–water partition coefficient (Wildman–Crippen LogP) is 7.44. The van der Waals surface area contributed by atoms with Crippen LogP contribution in [-0.4, -0.2) is 0 Å². The van der Waals surface area contributed by atoms with Crippen molar-refractivity contribution in [2.75, 3.05) is 0 Å². The van der Waals surface area contributed by atoms with E-state index in [4.69, 9.17) is 0 Å². The standard InChI is InChI=1S/C29H25N/c1-29(2,3)24-13-15-25-22(19-24)12-14-27-26(25)16-17-30-28(27)23-11-7-10-21(18-23)20-8-5-4-6-9-20/h4-19H,1-3H3/p+1. The van der Waals surface area contributed by atoms with Crippen molar-refractivity contribution in [3.8, 4) is 22.4 Å². The number of hydrogen-bond acceptors (Lipinski definition) is 0. The molecule has 0 amide bonds. The lowest BCUT2D eigenvalue weighted by Gasteiger charge is -2.19. The third kappa shape index (κ3) is 3.27. The molecule has 0 unspecified atom stereocenters. The molecular formula is C29H26N+. The number of pyridine rings is 1. The van der Waals surface area contributed by atoms with Gasteiger partial charge in [0, 0.05) is 17.0 Å². The van der Waals surface area contributed by atoms with Crippen LogP contribution in [0.3, 0.4) is 0 Å². The highest BCUT2D eigenvalue weighted by molar-refractivity contribution is 6.10. The van der Waals surface area contributed by atoms with Gasteiger partial charge in [-0.15, -0.1) is 0 Å². The largest absolute Gasteiger partial charge is 0.218 e. The van der Waals surface area contributed by atoms with Gasteiger partial charge in [0.2, 0.25) is 5.69 Å². The molecule has 0 spiro atoms. The van der Waals surface area contributed by atoms with E-state index < -0.39 is 0 Å². The van der Waals surface area contributed by atoms with Crippen LogP contribution in [0.15, 0.2) is 97.2 Å². The zero-order valence-corrected chi connectivity index (χ0v) is 17.7. The second kappa shape index (κ2) is 7.11. The first-order valence-electron chi connectivity index (χ1n) is 10.5. The number of H-pyrrole nitrogens is 1. The SMILES string of the molecule is CC(C)(C)c1ccc2c(ccc3c(-c4cccc(-c5ccccc5)c4)[nH+]ccc32)c1. The van der Waals surface area contributed by atoms with Gasteiger partial charge < -0.3 is 0 Å². The fraction of sp³-hybridized carbons (Fsp3) is 0.138. The van der Waals surface area contributed by atoms with Gasteiger partial charge in [-0.25, -0.2) is 4.98 Å². The quantitative estimate of drug-likeness (QED) is 0.279. The molecule has 5 aromatic rings. The Labute approximate surface area is 178 Å². The van der Waals surface area contributed by atoms with Crippen molar-refractivity contribution in [1.82, 2.24) is 0 Å². The zero-order valence-electron chi connectivity index (χ0n) is 17.7. The van der Waals surface area contributed by atoms with Gasteiger partial charge in [0.1, 0.15) is 0 Å². The summed E-state index contributed by atoms with van der Waals surface area (Å²) in [6.45, 7) is 6.80. The molecule has 0 radical (unpaired) electrons. The molecule has 1 N–H and O–H groups in total. The summed E-state index contributed by atoms with van der Waals surface area (Å²) in [4.78, 5) is 3.51. The molecule has 0 atom stereocenters. The van der Waals surface area contributed by atoms with Crippen LogP contribution in [0.4, 0.5) is 0 Å². The van der Waals surface area contributed by atoms with E-state index in [1.54, 1.807) is 0 Å². The number of rotatable bonds is 2. The normalized spacial score (nSPS) is 11.8. The lowest BCUT2D eigenvalue weighted by molar-refractivity contribution is -0.362. The number of aromatic amines is 1. The monoisotopic (exact) mass is 388 g/mol. The van der Waals surface area contributed by atoms with Crippen LogP contribution < -0.4 is 4.98 Å². The van der Waals surface area contributed by atoms with E-state index in [2.05, 4.69) is 123 Å². The maximum absolute atomic E-state index is 3.51. The Morgan fingerprint density at radius 2 is 1.30 bits per heavy atom. The summed E-state index contributed by atoms with van der Waals surface area (Å²) in [5.74, 6) is 0. The molecule has 146 valence electrons. The number of aromatic nitrogens is 1. The van der Waals surface area contributed by atoms with Crippen molar-refractivity contribution in [2.24, 2.45) is 0 Å². The van der Waals surface area contributed by atoms with Gasteiger partial charge in [-0.1, -0.05) is 87.5 Å². The molecule has 0 bridgehead atoms. The number of fused-ring (bicyclic) bond motifs is 3. The Balaban J connectivity index is 1.69. The molecule has 1 aromatic heterocycles. The minimum Gasteiger partial charge on any atom is -0.211 e. The van der Waals surface area contributed by atoms with Gasteiger partial charge in [-0.2, -0.15) is 0 Å². The summed E-state index contributed by atoms with van der Waals surface area (Å²) in [6, 6.07) is 32.9. The molecule has 1 heteroatoms. The first-order chi connectivity index (χ1) is 14.5. The van der Waals surface area contributed by atoms with Crippen molar-refractivity contribution in [2.45, 2.75) is 26.2 Å². The van der Waals surface area contributed by atoms with Crippen molar-refractivity contribution in [3.63, 3.8) is 0 Å². The van der Waals surface area contributed by atoms with Crippen molar-refractivity contribution in [3.05, 3.63) is 103 Å². The Morgan fingerprint density at radius 3 is 2.10 bits per heavy atom. The molecule has 5 rings (SSSR count). The van der Waals surface area contributed by atoms with Crippen molar-refractivity contribution >= 4 is 21.5 Å². The first-order valence-corrected chi connectivity index (χ1v) is 10.5. The van der Waals surface area contributed by atoms with E-state index in [9.17, 15) is 0 Å². The van der Waals surface area contributed by atoms with Crippen LogP contribution in [0.1, 0.15) is 26.3 Å². The van der Waals surface area contributed by atoms with Crippen LogP contribution in [0, 0.1) is 0 Å². The van der Waals surface area contributed by atoms with Gasteiger partial charge in [-0.3, -0.25) is 0 Å². The maximum Gasteiger partial charge on any atom is 0.218 e. The zero-order chi connectivity index (χ0) is 20.7. The molecule has 0 aliphatic rings. The van der Waals surface area contributed by atoms with Gasteiger partial charge in [0.05, 0.1) is 5.39 Å². The van der Waals surface area contributed by atoms with E-state index in [1.165, 1.54) is 43.8 Å². The van der Waals surface area contributed by atoms with E-state index >= 15 is 0 Å². The number of hydrogen-bond donors (Lipinski definition) is 0. The molecule has 0 fully saturated rings. The summed E-state index contributed by atoms with van der Waals surface area (Å²) in [6.07, 6.45) is 2.06. The summed E-state index contributed by atoms with van der Waals surface area (Å²) in [7, 11) is 0. The summed E-state index contributed by atoms with van der Waals surface area (Å²) in [5, 5.41) is 5.13. The Kier molecular flexibility index (Phi) is 4.40. The average Bonchev–Trinajstić information content (AvgIpc) is 2.78. The molecule has 30 heavy (non-hydrogen) atoms. The second-order valence-corrected chi connectivity index (χ2v) is 9.01. The molecule has 4 aromatic carbocycles. The minimum absolute atomic E-state index is 0.149. The fourth-order valence-corrected chi connectivity index (χ4v) is 4.23. The van der Waals surface area contributed by atoms with Gasteiger partial charge in [0.25, 0.3) is 0 Å². The van der Waals surface area contributed by atoms with Crippen molar-refractivity contribution in [1.29, 1.82) is 0 Å². The molecule has 1 heterocycles. The fourth-order valence-electron chi connectivity index (χ4n) is 4.23. The molecule has 0 saturated carbocycles. The van der Waals surface area contributed by atoms with Crippen LogP contribution in [-0.2, 0) is 5.41 Å². The van der Waals surface area contributed by atoms with Crippen molar-refractivity contribution < 1.29 is 4.98 Å².